The van der Waals surface area contributed by atoms with E-state index in [9.17, 15) is 4.79 Å². The van der Waals surface area contributed by atoms with E-state index in [0.29, 0.717) is 12.1 Å². The second kappa shape index (κ2) is 7.93. The molecule has 3 aromatic carbocycles. The van der Waals surface area contributed by atoms with Crippen LogP contribution in [0, 0.1) is 0 Å². The topological polar surface area (TPSA) is 94.3 Å². The van der Waals surface area contributed by atoms with Crippen LogP contribution in [0.25, 0.3) is 32.7 Å². The predicted octanol–water partition coefficient (Wildman–Crippen LogP) is 5.15. The molecule has 0 fully saturated rings. The standard InChI is InChI=1S/C27H27N3O2/c1-3-16-11-22-23(12-17(16)4-2)25-21-13-19(9-10-20(21)24(22)32-25)27(31)30-14-15-5-7-18(8-6-15)26(28)29/h5-13,26H,3-4,14,28-29H2,1-2H3,(H,30,31). The number of hydrogen-bond acceptors (Lipinski definition) is 4. The molecular formula is C27H27N3O2. The maximum atomic E-state index is 12.8. The van der Waals surface area contributed by atoms with Gasteiger partial charge in [-0.05, 0) is 65.4 Å². The van der Waals surface area contributed by atoms with Crippen molar-refractivity contribution in [1.29, 1.82) is 0 Å². The van der Waals surface area contributed by atoms with Gasteiger partial charge in [-0.15, -0.1) is 0 Å². The van der Waals surface area contributed by atoms with Crippen molar-refractivity contribution >= 4 is 38.6 Å². The number of hydrogen-bond donors (Lipinski definition) is 3. The SMILES string of the molecule is CCc1cc2c(cc1CC)c1oc2c2ccc(C(=O)NCc3ccc(C(N)N)cc3)cc21. The first-order valence-electron chi connectivity index (χ1n) is 11.1. The fraction of sp³-hybridized carbons (Fsp3) is 0.222. The second-order valence-electron chi connectivity index (χ2n) is 8.34. The number of rotatable bonds is 6. The lowest BCUT2D eigenvalue weighted by molar-refractivity contribution is 0.0951. The molecule has 0 aliphatic heterocycles. The van der Waals surface area contributed by atoms with Crippen LogP contribution < -0.4 is 16.8 Å². The van der Waals surface area contributed by atoms with Gasteiger partial charge in [-0.1, -0.05) is 38.1 Å². The molecule has 1 amide bonds. The third-order valence-corrected chi connectivity index (χ3v) is 6.38. The largest absolute Gasteiger partial charge is 0.455 e. The van der Waals surface area contributed by atoms with E-state index in [1.54, 1.807) is 0 Å². The molecule has 0 radical (unpaired) electrons. The van der Waals surface area contributed by atoms with E-state index in [4.69, 9.17) is 15.9 Å². The maximum absolute atomic E-state index is 12.8. The van der Waals surface area contributed by atoms with E-state index in [0.717, 1.165) is 51.3 Å². The van der Waals surface area contributed by atoms with Crippen LogP contribution in [0.3, 0.4) is 0 Å². The van der Waals surface area contributed by atoms with E-state index in [1.807, 2.05) is 42.5 Å². The molecule has 2 aromatic heterocycles. The number of fused-ring (bicyclic) bond motifs is 8. The van der Waals surface area contributed by atoms with Gasteiger partial charge in [0.15, 0.2) is 0 Å². The van der Waals surface area contributed by atoms with E-state index in [1.165, 1.54) is 16.5 Å². The molecule has 0 unspecified atom stereocenters. The molecule has 0 spiro atoms. The van der Waals surface area contributed by atoms with Crippen LogP contribution in [0.5, 0.6) is 0 Å². The monoisotopic (exact) mass is 425 g/mol. The van der Waals surface area contributed by atoms with Gasteiger partial charge in [0.1, 0.15) is 11.2 Å². The number of benzene rings is 4. The zero-order valence-corrected chi connectivity index (χ0v) is 18.4. The van der Waals surface area contributed by atoms with Gasteiger partial charge >= 0.3 is 0 Å². The van der Waals surface area contributed by atoms with Crippen molar-refractivity contribution in [3.05, 3.63) is 82.4 Å². The number of carbonyl (C=O) groups excluding carboxylic acids is 1. The fourth-order valence-electron chi connectivity index (χ4n) is 4.55. The van der Waals surface area contributed by atoms with E-state index < -0.39 is 6.17 Å². The highest BCUT2D eigenvalue weighted by atomic mass is 16.3. The Morgan fingerprint density at radius 3 is 2.03 bits per heavy atom. The Hall–Kier alpha value is -3.41. The number of nitrogens with two attached hydrogens (primary N) is 2. The smallest absolute Gasteiger partial charge is 0.251 e. The number of amides is 1. The molecule has 5 aromatic rings. The predicted molar refractivity (Wildman–Crippen MR) is 130 cm³/mol. The summed E-state index contributed by atoms with van der Waals surface area (Å²) in [4.78, 5) is 12.8. The lowest BCUT2D eigenvalue weighted by Gasteiger charge is -2.09. The molecule has 0 aliphatic rings. The van der Waals surface area contributed by atoms with Gasteiger partial charge < -0.3 is 21.2 Å². The third-order valence-electron chi connectivity index (χ3n) is 6.38. The van der Waals surface area contributed by atoms with Crippen LogP contribution in [0.1, 0.15) is 52.6 Å². The Labute approximate surface area is 186 Å². The first-order valence-corrected chi connectivity index (χ1v) is 11.1. The zero-order valence-electron chi connectivity index (χ0n) is 18.4. The number of nitrogens with one attached hydrogen (secondary N) is 1. The van der Waals surface area contributed by atoms with Gasteiger partial charge in [0.25, 0.3) is 5.91 Å². The molecule has 2 bridgehead atoms. The van der Waals surface area contributed by atoms with E-state index >= 15 is 0 Å². The molecule has 0 atom stereocenters. The molecular weight excluding hydrogens is 398 g/mol. The summed E-state index contributed by atoms with van der Waals surface area (Å²) in [5.41, 5.74) is 18.3. The highest BCUT2D eigenvalue weighted by molar-refractivity contribution is 6.26. The van der Waals surface area contributed by atoms with Crippen molar-refractivity contribution in [1.82, 2.24) is 5.32 Å². The first-order chi connectivity index (χ1) is 15.5. The molecule has 0 saturated heterocycles. The Bertz CT molecular complexity index is 1430. The van der Waals surface area contributed by atoms with Gasteiger partial charge in [0.2, 0.25) is 0 Å². The van der Waals surface area contributed by atoms with Gasteiger partial charge in [-0.2, -0.15) is 0 Å². The van der Waals surface area contributed by atoms with Gasteiger partial charge in [-0.25, -0.2) is 0 Å². The Kier molecular flexibility index (Phi) is 5.08. The van der Waals surface area contributed by atoms with Crippen LogP contribution in [0.2, 0.25) is 0 Å². The summed E-state index contributed by atoms with van der Waals surface area (Å²) in [7, 11) is 0. The molecule has 162 valence electrons. The summed E-state index contributed by atoms with van der Waals surface area (Å²) in [6.07, 6.45) is 1.50. The normalized spacial score (nSPS) is 11.9. The molecule has 5 rings (SSSR count). The zero-order chi connectivity index (χ0) is 22.4. The van der Waals surface area contributed by atoms with Crippen LogP contribution in [-0.2, 0) is 19.4 Å². The maximum Gasteiger partial charge on any atom is 0.251 e. The number of carbonyl (C=O) groups is 1. The lowest BCUT2D eigenvalue weighted by Crippen LogP contribution is -2.23. The fourth-order valence-corrected chi connectivity index (χ4v) is 4.55. The highest BCUT2D eigenvalue weighted by Gasteiger charge is 2.20. The summed E-state index contributed by atoms with van der Waals surface area (Å²) in [5, 5.41) is 7.35. The second-order valence-corrected chi connectivity index (χ2v) is 8.34. The summed E-state index contributed by atoms with van der Waals surface area (Å²) in [6.45, 7) is 4.80. The average Bonchev–Trinajstić information content (AvgIpc) is 3.38. The average molecular weight is 426 g/mol. The summed E-state index contributed by atoms with van der Waals surface area (Å²) < 4.78 is 6.19. The Morgan fingerprint density at radius 2 is 1.44 bits per heavy atom. The molecule has 0 saturated carbocycles. The minimum absolute atomic E-state index is 0.114. The molecule has 5 N–H and O–H groups in total. The summed E-state index contributed by atoms with van der Waals surface area (Å²) in [6, 6.07) is 17.9. The van der Waals surface area contributed by atoms with Crippen molar-refractivity contribution < 1.29 is 9.21 Å². The van der Waals surface area contributed by atoms with Crippen LogP contribution >= 0.6 is 0 Å². The molecule has 5 nitrogen and oxygen atoms in total. The lowest BCUT2D eigenvalue weighted by atomic mass is 9.95. The van der Waals surface area contributed by atoms with Crippen molar-refractivity contribution in [2.45, 2.75) is 39.4 Å². The Balaban J connectivity index is 1.44. The van der Waals surface area contributed by atoms with Crippen LogP contribution in [-0.4, -0.2) is 5.91 Å². The van der Waals surface area contributed by atoms with E-state index in [2.05, 4.69) is 31.3 Å². The van der Waals surface area contributed by atoms with Crippen LogP contribution in [0.4, 0.5) is 0 Å². The number of furan rings is 2. The van der Waals surface area contributed by atoms with Gasteiger partial charge in [0.05, 0.1) is 6.17 Å². The van der Waals surface area contributed by atoms with Crippen molar-refractivity contribution in [3.8, 4) is 0 Å². The minimum atomic E-state index is -0.495. The van der Waals surface area contributed by atoms with Crippen LogP contribution in [0.15, 0.2) is 59.0 Å². The van der Waals surface area contributed by atoms with Crippen molar-refractivity contribution in [3.63, 3.8) is 0 Å². The molecule has 32 heavy (non-hydrogen) atoms. The van der Waals surface area contributed by atoms with E-state index in [-0.39, 0.29) is 5.91 Å². The molecule has 0 aliphatic carbocycles. The third kappa shape index (κ3) is 3.30. The molecule has 2 heterocycles. The van der Waals surface area contributed by atoms with Gasteiger partial charge in [-0.3, -0.25) is 4.79 Å². The van der Waals surface area contributed by atoms with Gasteiger partial charge in [0, 0.05) is 33.7 Å². The quantitative estimate of drug-likeness (QED) is 0.259. The number of aryl methyl sites for hydroxylation is 2. The first kappa shape index (κ1) is 20.5. The Morgan fingerprint density at radius 1 is 0.844 bits per heavy atom. The molecule has 5 heteroatoms. The highest BCUT2D eigenvalue weighted by Crippen LogP contribution is 2.42. The van der Waals surface area contributed by atoms with Crippen molar-refractivity contribution in [2.75, 3.05) is 0 Å². The summed E-state index contributed by atoms with van der Waals surface area (Å²) >= 11 is 0. The summed E-state index contributed by atoms with van der Waals surface area (Å²) in [5.74, 6) is -0.114. The minimum Gasteiger partial charge on any atom is -0.455 e. The van der Waals surface area contributed by atoms with Crippen molar-refractivity contribution in [2.24, 2.45) is 11.5 Å².